The summed E-state index contributed by atoms with van der Waals surface area (Å²) in [5.74, 6) is 0.780. The molecule has 0 amide bonds. The number of rotatable bonds is 4. The van der Waals surface area contributed by atoms with E-state index in [9.17, 15) is 10.4 Å². The molecule has 0 aromatic heterocycles. The van der Waals surface area contributed by atoms with Gasteiger partial charge in [0.1, 0.15) is 11.2 Å². The maximum Gasteiger partial charge on any atom is 0.118 e. The lowest BCUT2D eigenvalue weighted by Gasteiger charge is -2.36. The van der Waals surface area contributed by atoms with Gasteiger partial charge in [0.15, 0.2) is 0 Å². The van der Waals surface area contributed by atoms with Gasteiger partial charge in [0, 0.05) is 13.0 Å². The van der Waals surface area contributed by atoms with Crippen molar-refractivity contribution < 1.29 is 14.6 Å². The highest BCUT2D eigenvalue weighted by molar-refractivity contribution is 5.29. The standard InChI is InChI=1S/C15H19NO3/c1-14(17,15(10-16)7-8-19-11-15)9-12-3-5-13(18-2)6-4-12/h3-6,17H,7-9,11H2,1-2H3. The number of nitrogens with zero attached hydrogens (tertiary/aromatic N) is 1. The van der Waals surface area contributed by atoms with Crippen molar-refractivity contribution in [1.82, 2.24) is 0 Å². The molecule has 0 spiro atoms. The van der Waals surface area contributed by atoms with E-state index in [1.807, 2.05) is 24.3 Å². The molecule has 0 saturated carbocycles. The van der Waals surface area contributed by atoms with E-state index in [1.54, 1.807) is 14.0 Å². The quantitative estimate of drug-likeness (QED) is 0.899. The average Bonchev–Trinajstić information content (AvgIpc) is 2.90. The third-order valence-corrected chi connectivity index (χ3v) is 3.97. The van der Waals surface area contributed by atoms with Gasteiger partial charge >= 0.3 is 0 Å². The Morgan fingerprint density at radius 2 is 2.16 bits per heavy atom. The fourth-order valence-corrected chi connectivity index (χ4v) is 2.51. The first-order valence-electron chi connectivity index (χ1n) is 6.37. The summed E-state index contributed by atoms with van der Waals surface area (Å²) in [5, 5.41) is 20.1. The summed E-state index contributed by atoms with van der Waals surface area (Å²) in [7, 11) is 1.62. The number of hydrogen-bond donors (Lipinski definition) is 1. The second kappa shape index (κ2) is 5.20. The van der Waals surface area contributed by atoms with Gasteiger partial charge in [-0.15, -0.1) is 0 Å². The van der Waals surface area contributed by atoms with Gasteiger partial charge in [0.2, 0.25) is 0 Å². The number of hydrogen-bond acceptors (Lipinski definition) is 4. The van der Waals surface area contributed by atoms with Crippen molar-refractivity contribution in [1.29, 1.82) is 5.26 Å². The Bertz CT molecular complexity index is 467. The van der Waals surface area contributed by atoms with Crippen molar-refractivity contribution in [3.05, 3.63) is 29.8 Å². The van der Waals surface area contributed by atoms with Crippen molar-refractivity contribution in [2.75, 3.05) is 20.3 Å². The molecule has 1 heterocycles. The first-order chi connectivity index (χ1) is 9.03. The van der Waals surface area contributed by atoms with E-state index in [0.29, 0.717) is 26.1 Å². The van der Waals surface area contributed by atoms with Gasteiger partial charge in [-0.2, -0.15) is 5.26 Å². The molecule has 2 unspecified atom stereocenters. The van der Waals surface area contributed by atoms with Crippen LogP contribution in [0.15, 0.2) is 24.3 Å². The summed E-state index contributed by atoms with van der Waals surface area (Å²) >= 11 is 0. The van der Waals surface area contributed by atoms with E-state index < -0.39 is 11.0 Å². The summed E-state index contributed by atoms with van der Waals surface area (Å²) in [4.78, 5) is 0. The lowest BCUT2D eigenvalue weighted by Crippen LogP contribution is -2.47. The van der Waals surface area contributed by atoms with E-state index >= 15 is 0 Å². The third-order valence-electron chi connectivity index (χ3n) is 3.97. The zero-order chi connectivity index (χ0) is 13.9. The molecular formula is C15H19NO3. The Balaban J connectivity index is 2.18. The van der Waals surface area contributed by atoms with Crippen LogP contribution in [0.5, 0.6) is 5.75 Å². The van der Waals surface area contributed by atoms with E-state index in [4.69, 9.17) is 9.47 Å². The fourth-order valence-electron chi connectivity index (χ4n) is 2.51. The molecule has 4 nitrogen and oxygen atoms in total. The van der Waals surface area contributed by atoms with Crippen LogP contribution >= 0.6 is 0 Å². The van der Waals surface area contributed by atoms with Crippen LogP contribution in [0.25, 0.3) is 0 Å². The summed E-state index contributed by atoms with van der Waals surface area (Å²) in [5.41, 5.74) is -0.938. The molecule has 4 heteroatoms. The van der Waals surface area contributed by atoms with Gasteiger partial charge in [0.05, 0.1) is 25.4 Å². The highest BCUT2D eigenvalue weighted by Crippen LogP contribution is 2.41. The lowest BCUT2D eigenvalue weighted by molar-refractivity contribution is -0.0420. The van der Waals surface area contributed by atoms with E-state index in [0.717, 1.165) is 11.3 Å². The topological polar surface area (TPSA) is 62.5 Å². The molecular weight excluding hydrogens is 242 g/mol. The van der Waals surface area contributed by atoms with E-state index in [-0.39, 0.29) is 0 Å². The number of aliphatic hydroxyl groups is 1. The predicted molar refractivity (Wildman–Crippen MR) is 70.8 cm³/mol. The molecule has 19 heavy (non-hydrogen) atoms. The Labute approximate surface area is 113 Å². The second-order valence-electron chi connectivity index (χ2n) is 5.30. The number of methoxy groups -OCH3 is 1. The number of ether oxygens (including phenoxy) is 2. The number of nitriles is 1. The summed E-state index contributed by atoms with van der Waals surface area (Å²) < 4.78 is 10.4. The molecule has 0 aliphatic carbocycles. The van der Waals surface area contributed by atoms with Crippen LogP contribution in [0.2, 0.25) is 0 Å². The Hall–Kier alpha value is -1.57. The summed E-state index contributed by atoms with van der Waals surface area (Å²) in [6, 6.07) is 9.80. The Morgan fingerprint density at radius 3 is 2.63 bits per heavy atom. The Kier molecular flexibility index (Phi) is 3.79. The molecule has 1 aromatic rings. The maximum atomic E-state index is 10.7. The second-order valence-corrected chi connectivity index (χ2v) is 5.30. The third kappa shape index (κ3) is 2.58. The summed E-state index contributed by atoms with van der Waals surface area (Å²) in [6.07, 6.45) is 1.00. The molecule has 1 saturated heterocycles. The van der Waals surface area contributed by atoms with Gasteiger partial charge in [-0.3, -0.25) is 0 Å². The van der Waals surface area contributed by atoms with E-state index in [1.165, 1.54) is 0 Å². The van der Waals surface area contributed by atoms with Gasteiger partial charge in [0.25, 0.3) is 0 Å². The van der Waals surface area contributed by atoms with E-state index in [2.05, 4.69) is 6.07 Å². The van der Waals surface area contributed by atoms with Crippen LogP contribution < -0.4 is 4.74 Å². The van der Waals surface area contributed by atoms with Crippen LogP contribution in [-0.2, 0) is 11.2 Å². The van der Waals surface area contributed by atoms with Crippen molar-refractivity contribution in [3.63, 3.8) is 0 Å². The molecule has 1 aliphatic heterocycles. The minimum absolute atomic E-state index is 0.298. The van der Waals surface area contributed by atoms with Crippen molar-refractivity contribution in [3.8, 4) is 11.8 Å². The Morgan fingerprint density at radius 1 is 1.47 bits per heavy atom. The zero-order valence-corrected chi connectivity index (χ0v) is 11.3. The summed E-state index contributed by atoms with van der Waals surface area (Å²) in [6.45, 7) is 2.55. The maximum absolute atomic E-state index is 10.7. The molecule has 2 atom stereocenters. The smallest absolute Gasteiger partial charge is 0.118 e. The zero-order valence-electron chi connectivity index (χ0n) is 11.3. The van der Waals surface area contributed by atoms with Crippen molar-refractivity contribution in [2.45, 2.75) is 25.4 Å². The van der Waals surface area contributed by atoms with Crippen LogP contribution in [0.4, 0.5) is 0 Å². The fraction of sp³-hybridized carbons (Fsp3) is 0.533. The van der Waals surface area contributed by atoms with Crippen LogP contribution in [0, 0.1) is 16.7 Å². The molecule has 1 aliphatic rings. The molecule has 0 radical (unpaired) electrons. The molecule has 102 valence electrons. The molecule has 1 fully saturated rings. The van der Waals surface area contributed by atoms with Crippen LogP contribution in [0.1, 0.15) is 18.9 Å². The van der Waals surface area contributed by atoms with Gasteiger partial charge < -0.3 is 14.6 Å². The molecule has 1 N–H and O–H groups in total. The predicted octanol–water partition coefficient (Wildman–Crippen LogP) is 1.92. The highest BCUT2D eigenvalue weighted by Gasteiger charge is 2.50. The van der Waals surface area contributed by atoms with Crippen molar-refractivity contribution >= 4 is 0 Å². The minimum Gasteiger partial charge on any atom is -0.497 e. The highest BCUT2D eigenvalue weighted by atomic mass is 16.5. The number of benzene rings is 1. The SMILES string of the molecule is COc1ccc(CC(C)(O)C2(C#N)CCOC2)cc1. The van der Waals surface area contributed by atoms with Gasteiger partial charge in [-0.25, -0.2) is 0 Å². The first kappa shape index (κ1) is 13.9. The first-order valence-corrected chi connectivity index (χ1v) is 6.37. The van der Waals surface area contributed by atoms with Crippen molar-refractivity contribution in [2.24, 2.45) is 5.41 Å². The average molecular weight is 261 g/mol. The lowest BCUT2D eigenvalue weighted by atomic mass is 9.70. The molecule has 1 aromatic carbocycles. The monoisotopic (exact) mass is 261 g/mol. The van der Waals surface area contributed by atoms with Gasteiger partial charge in [-0.05, 0) is 31.0 Å². The van der Waals surface area contributed by atoms with Crippen LogP contribution in [0.3, 0.4) is 0 Å². The normalized spacial score (nSPS) is 25.6. The molecule has 2 rings (SSSR count). The largest absolute Gasteiger partial charge is 0.497 e. The molecule has 0 bridgehead atoms. The minimum atomic E-state index is -1.10. The van der Waals surface area contributed by atoms with Gasteiger partial charge in [-0.1, -0.05) is 12.1 Å². The van der Waals surface area contributed by atoms with Crippen LogP contribution in [-0.4, -0.2) is 31.0 Å².